The summed E-state index contributed by atoms with van der Waals surface area (Å²) < 4.78 is 28.4. The van der Waals surface area contributed by atoms with Crippen LogP contribution in [-0.4, -0.2) is 44.2 Å². The first-order chi connectivity index (χ1) is 15.6. The van der Waals surface area contributed by atoms with E-state index in [9.17, 15) is 18.0 Å². The Morgan fingerprint density at radius 1 is 0.970 bits per heavy atom. The molecule has 33 heavy (non-hydrogen) atoms. The third-order valence-electron chi connectivity index (χ3n) is 6.47. The molecule has 178 valence electrons. The highest BCUT2D eigenvalue weighted by atomic mass is 32.2. The molecule has 1 saturated heterocycles. The number of nitrogens with one attached hydrogen (secondary N) is 2. The lowest BCUT2D eigenvalue weighted by molar-refractivity contribution is -0.120. The van der Waals surface area contributed by atoms with Crippen molar-refractivity contribution in [3.8, 4) is 0 Å². The number of benzene rings is 2. The van der Waals surface area contributed by atoms with E-state index < -0.39 is 10.0 Å². The number of hydrogen-bond acceptors (Lipinski definition) is 4. The van der Waals surface area contributed by atoms with Gasteiger partial charge in [-0.05, 0) is 94.0 Å². The Labute approximate surface area is 196 Å². The Morgan fingerprint density at radius 2 is 1.52 bits per heavy atom. The summed E-state index contributed by atoms with van der Waals surface area (Å²) in [5.41, 5.74) is 4.64. The second-order valence-corrected chi connectivity index (χ2v) is 10.6. The number of amides is 2. The molecule has 0 bridgehead atoms. The standard InChI is InChI=1S/C25H33N3O4S/c1-6-26-24(29)20-7-9-22(10-8-20)27-25(30)21-11-13-28(14-12-21)33(31,32)23-18(4)16(2)15-17(3)19(23)5/h7-10,15,21H,6,11-14H2,1-5H3,(H,26,29)(H,27,30). The normalized spacial score (nSPS) is 15.3. The van der Waals surface area contributed by atoms with E-state index in [4.69, 9.17) is 0 Å². The van der Waals surface area contributed by atoms with Crippen LogP contribution in [0.2, 0.25) is 0 Å². The van der Waals surface area contributed by atoms with Gasteiger partial charge < -0.3 is 10.6 Å². The van der Waals surface area contributed by atoms with Crippen LogP contribution in [0.15, 0.2) is 35.2 Å². The van der Waals surface area contributed by atoms with E-state index in [2.05, 4.69) is 10.6 Å². The van der Waals surface area contributed by atoms with Crippen LogP contribution in [0, 0.1) is 33.6 Å². The van der Waals surface area contributed by atoms with Crippen molar-refractivity contribution in [3.63, 3.8) is 0 Å². The number of piperidine rings is 1. The quantitative estimate of drug-likeness (QED) is 0.671. The number of hydrogen-bond donors (Lipinski definition) is 2. The van der Waals surface area contributed by atoms with E-state index in [1.165, 1.54) is 4.31 Å². The summed E-state index contributed by atoms with van der Waals surface area (Å²) in [5.74, 6) is -0.546. The minimum atomic E-state index is -3.63. The summed E-state index contributed by atoms with van der Waals surface area (Å²) in [6.07, 6.45) is 0.926. The first-order valence-corrected chi connectivity index (χ1v) is 12.8. The predicted molar refractivity (Wildman–Crippen MR) is 130 cm³/mol. The molecule has 2 N–H and O–H groups in total. The maximum Gasteiger partial charge on any atom is 0.251 e. The van der Waals surface area contributed by atoms with Crippen molar-refractivity contribution in [3.05, 3.63) is 58.1 Å². The number of rotatable bonds is 6. The number of carbonyl (C=O) groups excluding carboxylic acids is 2. The van der Waals surface area contributed by atoms with Gasteiger partial charge in [0.2, 0.25) is 15.9 Å². The van der Waals surface area contributed by atoms with E-state index in [-0.39, 0.29) is 17.7 Å². The lowest BCUT2D eigenvalue weighted by atomic mass is 9.97. The molecule has 0 atom stereocenters. The predicted octanol–water partition coefficient (Wildman–Crippen LogP) is 3.71. The molecule has 2 amide bonds. The fraction of sp³-hybridized carbons (Fsp3) is 0.440. The number of nitrogens with zero attached hydrogens (tertiary/aromatic N) is 1. The third-order valence-corrected chi connectivity index (χ3v) is 8.65. The molecule has 0 radical (unpaired) electrons. The van der Waals surface area contributed by atoms with E-state index >= 15 is 0 Å². The van der Waals surface area contributed by atoms with Gasteiger partial charge in [-0.1, -0.05) is 6.07 Å². The second kappa shape index (κ2) is 10.1. The molecular weight excluding hydrogens is 438 g/mol. The molecule has 1 heterocycles. The fourth-order valence-corrected chi connectivity index (χ4v) is 6.31. The minimum absolute atomic E-state index is 0.128. The molecule has 0 aromatic heterocycles. The molecule has 3 rings (SSSR count). The lowest BCUT2D eigenvalue weighted by Crippen LogP contribution is -2.41. The van der Waals surface area contributed by atoms with Crippen LogP contribution < -0.4 is 10.6 Å². The first-order valence-electron chi connectivity index (χ1n) is 11.3. The van der Waals surface area contributed by atoms with Crippen LogP contribution in [-0.2, 0) is 14.8 Å². The smallest absolute Gasteiger partial charge is 0.251 e. The number of aryl methyl sites for hydroxylation is 2. The topological polar surface area (TPSA) is 95.6 Å². The molecule has 2 aromatic carbocycles. The summed E-state index contributed by atoms with van der Waals surface area (Å²) in [7, 11) is -3.63. The SMILES string of the molecule is CCNC(=O)c1ccc(NC(=O)C2CCN(S(=O)(=O)c3c(C)c(C)cc(C)c3C)CC2)cc1. The molecule has 0 spiro atoms. The van der Waals surface area contributed by atoms with Gasteiger partial charge in [-0.25, -0.2) is 8.42 Å². The molecule has 0 unspecified atom stereocenters. The average molecular weight is 472 g/mol. The Morgan fingerprint density at radius 3 is 2.03 bits per heavy atom. The Kier molecular flexibility index (Phi) is 7.59. The molecule has 0 aliphatic carbocycles. The zero-order valence-electron chi connectivity index (χ0n) is 20.0. The summed E-state index contributed by atoms with van der Waals surface area (Å²) >= 11 is 0. The van der Waals surface area contributed by atoms with Crippen LogP contribution in [0.25, 0.3) is 0 Å². The van der Waals surface area contributed by atoms with Crippen molar-refractivity contribution >= 4 is 27.5 Å². The van der Waals surface area contributed by atoms with Gasteiger partial charge in [0.25, 0.3) is 5.91 Å². The molecule has 1 aliphatic heterocycles. The fourth-order valence-electron chi connectivity index (χ4n) is 4.27. The Hall–Kier alpha value is -2.71. The summed E-state index contributed by atoms with van der Waals surface area (Å²) in [6.45, 7) is 10.6. The van der Waals surface area contributed by atoms with Crippen molar-refractivity contribution in [1.29, 1.82) is 0 Å². The van der Waals surface area contributed by atoms with Gasteiger partial charge in [-0.3, -0.25) is 9.59 Å². The van der Waals surface area contributed by atoms with Gasteiger partial charge in [0.1, 0.15) is 0 Å². The van der Waals surface area contributed by atoms with Gasteiger partial charge in [-0.2, -0.15) is 4.31 Å². The minimum Gasteiger partial charge on any atom is -0.352 e. The highest BCUT2D eigenvalue weighted by Crippen LogP contribution is 2.31. The van der Waals surface area contributed by atoms with Gasteiger partial charge in [0.15, 0.2) is 0 Å². The molecule has 7 nitrogen and oxygen atoms in total. The van der Waals surface area contributed by atoms with Crippen molar-refractivity contribution < 1.29 is 18.0 Å². The number of carbonyl (C=O) groups is 2. The van der Waals surface area contributed by atoms with Crippen LogP contribution in [0.5, 0.6) is 0 Å². The van der Waals surface area contributed by atoms with Gasteiger partial charge >= 0.3 is 0 Å². The van der Waals surface area contributed by atoms with E-state index in [1.54, 1.807) is 24.3 Å². The molecule has 0 saturated carbocycles. The average Bonchev–Trinajstić information content (AvgIpc) is 2.78. The van der Waals surface area contributed by atoms with Crippen molar-refractivity contribution in [2.75, 3.05) is 25.0 Å². The van der Waals surface area contributed by atoms with Gasteiger partial charge in [-0.15, -0.1) is 0 Å². The molecule has 8 heteroatoms. The largest absolute Gasteiger partial charge is 0.352 e. The molecular formula is C25H33N3O4S. The number of anilines is 1. The monoisotopic (exact) mass is 471 g/mol. The van der Waals surface area contributed by atoms with Crippen molar-refractivity contribution in [2.45, 2.75) is 52.4 Å². The van der Waals surface area contributed by atoms with Crippen LogP contribution in [0.1, 0.15) is 52.4 Å². The van der Waals surface area contributed by atoms with Crippen LogP contribution in [0.4, 0.5) is 5.69 Å². The van der Waals surface area contributed by atoms with Crippen LogP contribution in [0.3, 0.4) is 0 Å². The summed E-state index contributed by atoms with van der Waals surface area (Å²) in [6, 6.07) is 8.76. The third kappa shape index (κ3) is 5.28. The zero-order chi connectivity index (χ0) is 24.3. The van der Waals surface area contributed by atoms with E-state index in [0.29, 0.717) is 48.6 Å². The van der Waals surface area contributed by atoms with Crippen molar-refractivity contribution in [1.82, 2.24) is 9.62 Å². The zero-order valence-corrected chi connectivity index (χ0v) is 20.8. The maximum atomic E-state index is 13.4. The summed E-state index contributed by atoms with van der Waals surface area (Å²) in [4.78, 5) is 25.0. The van der Waals surface area contributed by atoms with Gasteiger partial charge in [0, 0.05) is 36.8 Å². The first kappa shape index (κ1) is 24.9. The van der Waals surface area contributed by atoms with Crippen LogP contribution >= 0.6 is 0 Å². The highest BCUT2D eigenvalue weighted by Gasteiger charge is 2.34. The summed E-state index contributed by atoms with van der Waals surface area (Å²) in [5, 5.41) is 5.62. The van der Waals surface area contributed by atoms with E-state index in [0.717, 1.165) is 22.3 Å². The molecule has 1 fully saturated rings. The van der Waals surface area contributed by atoms with Gasteiger partial charge in [0.05, 0.1) is 4.90 Å². The molecule has 2 aromatic rings. The Balaban J connectivity index is 1.65. The highest BCUT2D eigenvalue weighted by molar-refractivity contribution is 7.89. The van der Waals surface area contributed by atoms with E-state index in [1.807, 2.05) is 40.7 Å². The number of sulfonamides is 1. The Bertz CT molecular complexity index is 1120. The second-order valence-electron chi connectivity index (χ2n) is 8.69. The van der Waals surface area contributed by atoms with Crippen molar-refractivity contribution in [2.24, 2.45) is 5.92 Å². The molecule has 1 aliphatic rings. The lowest BCUT2D eigenvalue weighted by Gasteiger charge is -2.31. The maximum absolute atomic E-state index is 13.4.